The van der Waals surface area contributed by atoms with Gasteiger partial charge >= 0.3 is 5.97 Å². The molecule has 1 aliphatic heterocycles. The van der Waals surface area contributed by atoms with E-state index in [1.54, 1.807) is 45.5 Å². The average Bonchev–Trinajstić information content (AvgIpc) is 3.58. The number of anilines is 2. The van der Waals surface area contributed by atoms with Gasteiger partial charge in [-0.1, -0.05) is 0 Å². The summed E-state index contributed by atoms with van der Waals surface area (Å²) >= 11 is 0. The van der Waals surface area contributed by atoms with E-state index in [2.05, 4.69) is 25.6 Å². The number of imidazole rings is 1. The number of aliphatic imine (C=N–C) groups is 1. The molecule has 1 saturated heterocycles. The van der Waals surface area contributed by atoms with Gasteiger partial charge < -0.3 is 41.7 Å². The number of carboxylic acid groups (broad SMARTS) is 1. The Labute approximate surface area is 309 Å². The number of carbonyl (C=O) groups excluding carboxylic acids is 3. The maximum Gasteiger partial charge on any atom is 0.303 e. The van der Waals surface area contributed by atoms with E-state index in [-0.39, 0.29) is 87.5 Å². The number of nitrogens with one attached hydrogen (secondary N) is 2. The summed E-state index contributed by atoms with van der Waals surface area (Å²) in [7, 11) is 1.26. The van der Waals surface area contributed by atoms with E-state index in [1.807, 2.05) is 0 Å². The lowest BCUT2D eigenvalue weighted by atomic mass is 10.1. The number of aromatic nitrogens is 3. The number of piperazine rings is 1. The monoisotopic (exact) mass is 748 g/mol. The smallest absolute Gasteiger partial charge is 0.303 e. The van der Waals surface area contributed by atoms with Crippen LogP contribution in [0.2, 0.25) is 0 Å². The lowest BCUT2D eigenvalue weighted by Gasteiger charge is -2.36. The standard InChI is InChI=1S/C36H42F2N10O6/c1-21-19-22(44-32-33-43-20-26(48(33)14-13-41-32)24-10-11-27(54-2)31(38)30(24)37)8-9-23(21)34(52)46-15-17-47(18-16-46)35(53)25(5-4-12-42-36(39)40)45-28(49)6-3-7-29(50)51/h8-11,13-14,19-20,25H,3-7,12,15-18H2,1-2H3,(H,41,44)(H,45,49)(H,50,51)(H4,39,40,42)/t25-/m0/s1. The highest BCUT2D eigenvalue weighted by Crippen LogP contribution is 2.32. The van der Waals surface area contributed by atoms with Gasteiger partial charge in [0.25, 0.3) is 5.91 Å². The van der Waals surface area contributed by atoms with Gasteiger partial charge in [0.2, 0.25) is 17.6 Å². The topological polar surface area (TPSA) is 223 Å². The van der Waals surface area contributed by atoms with Gasteiger partial charge in [-0.05, 0) is 62.1 Å². The summed E-state index contributed by atoms with van der Waals surface area (Å²) in [5.41, 5.74) is 13.2. The Morgan fingerprint density at radius 1 is 1.00 bits per heavy atom. The fourth-order valence-corrected chi connectivity index (χ4v) is 6.16. The number of carboxylic acids is 1. The van der Waals surface area contributed by atoms with E-state index >= 15 is 0 Å². The number of carbonyl (C=O) groups is 4. The lowest BCUT2D eigenvalue weighted by Crippen LogP contribution is -2.56. The summed E-state index contributed by atoms with van der Waals surface area (Å²) in [5.74, 6) is -4.07. The first-order valence-electron chi connectivity index (χ1n) is 17.2. The number of amides is 3. The summed E-state index contributed by atoms with van der Waals surface area (Å²) in [5, 5.41) is 14.8. The van der Waals surface area contributed by atoms with Crippen LogP contribution in [-0.2, 0) is 14.4 Å². The number of fused-ring (bicyclic) bond motifs is 1. The van der Waals surface area contributed by atoms with Gasteiger partial charge in [-0.25, -0.2) is 14.4 Å². The number of nitrogens with zero attached hydrogens (tertiary/aromatic N) is 6. The van der Waals surface area contributed by atoms with Crippen molar-refractivity contribution < 1.29 is 37.8 Å². The van der Waals surface area contributed by atoms with Crippen LogP contribution in [0.3, 0.4) is 0 Å². The van der Waals surface area contributed by atoms with Crippen LogP contribution in [0, 0.1) is 18.6 Å². The van der Waals surface area contributed by atoms with Crippen LogP contribution in [0.15, 0.2) is 53.9 Å². The molecule has 0 aliphatic carbocycles. The molecule has 7 N–H and O–H groups in total. The van der Waals surface area contributed by atoms with Crippen LogP contribution < -0.4 is 26.8 Å². The number of aryl methyl sites for hydroxylation is 1. The first kappa shape index (κ1) is 38.9. The molecule has 0 radical (unpaired) electrons. The van der Waals surface area contributed by atoms with Crippen LogP contribution in [0.1, 0.15) is 48.0 Å². The fourth-order valence-electron chi connectivity index (χ4n) is 6.16. The predicted octanol–water partition coefficient (Wildman–Crippen LogP) is 2.81. The number of methoxy groups -OCH3 is 1. The number of hydrogen-bond acceptors (Lipinski definition) is 9. The van der Waals surface area contributed by atoms with E-state index < -0.39 is 29.6 Å². The number of rotatable bonds is 15. The molecule has 1 atom stereocenters. The third-order valence-corrected chi connectivity index (χ3v) is 8.94. The van der Waals surface area contributed by atoms with Gasteiger partial charge in [-0.2, -0.15) is 4.39 Å². The first-order chi connectivity index (χ1) is 25.9. The summed E-state index contributed by atoms with van der Waals surface area (Å²) in [6.07, 6.45) is 5.14. The molecule has 0 saturated carbocycles. The van der Waals surface area contributed by atoms with Crippen LogP contribution in [0.5, 0.6) is 5.75 Å². The zero-order valence-corrected chi connectivity index (χ0v) is 29.8. The number of halogens is 2. The van der Waals surface area contributed by atoms with Crippen LogP contribution in [0.25, 0.3) is 16.9 Å². The molecule has 0 spiro atoms. The highest BCUT2D eigenvalue weighted by Gasteiger charge is 2.30. The zero-order chi connectivity index (χ0) is 38.9. The summed E-state index contributed by atoms with van der Waals surface area (Å²) in [6.45, 7) is 3.10. The van der Waals surface area contributed by atoms with Gasteiger partial charge in [-0.15, -0.1) is 0 Å². The van der Waals surface area contributed by atoms with Crippen LogP contribution >= 0.6 is 0 Å². The molecule has 18 heteroatoms. The molecule has 16 nitrogen and oxygen atoms in total. The summed E-state index contributed by atoms with van der Waals surface area (Å²) in [4.78, 5) is 66.5. The summed E-state index contributed by atoms with van der Waals surface area (Å²) in [6, 6.07) is 7.09. The average molecular weight is 749 g/mol. The molecular weight excluding hydrogens is 706 g/mol. The number of hydrogen-bond donors (Lipinski definition) is 5. The molecule has 2 aromatic heterocycles. The second-order valence-electron chi connectivity index (χ2n) is 12.6. The van der Waals surface area contributed by atoms with Crippen molar-refractivity contribution in [3.05, 3.63) is 71.7 Å². The first-order valence-corrected chi connectivity index (χ1v) is 17.2. The van der Waals surface area contributed by atoms with E-state index in [1.165, 1.54) is 31.6 Å². The quantitative estimate of drug-likeness (QED) is 0.0676. The minimum absolute atomic E-state index is 0.00192. The Bertz CT molecular complexity index is 2060. The molecular formula is C36H42F2N10O6. The van der Waals surface area contributed by atoms with Crippen molar-refractivity contribution in [1.82, 2.24) is 29.5 Å². The molecule has 54 heavy (non-hydrogen) atoms. The maximum atomic E-state index is 14.9. The molecule has 0 bridgehead atoms. The van der Waals surface area contributed by atoms with Crippen molar-refractivity contribution in [2.45, 2.75) is 45.1 Å². The number of guanidine groups is 1. The second kappa shape index (κ2) is 17.5. The molecule has 286 valence electrons. The van der Waals surface area contributed by atoms with E-state index in [0.717, 1.165) is 0 Å². The highest BCUT2D eigenvalue weighted by molar-refractivity contribution is 5.96. The number of aliphatic carboxylic acids is 1. The fraction of sp³-hybridized carbons (Fsp3) is 0.361. The Hall–Kier alpha value is -6.33. The Morgan fingerprint density at radius 3 is 2.43 bits per heavy atom. The number of nitrogens with two attached hydrogens (primary N) is 2. The SMILES string of the molecule is COc1ccc(-c2cnc3c(Nc4ccc(C(=O)N5CCN(C(=O)[C@H](CCCN=C(N)N)NC(=O)CCCC(=O)O)CC5)c(C)c4)nccn23)c(F)c1F. The Kier molecular flexibility index (Phi) is 12.6. The molecule has 5 rings (SSSR count). The van der Waals surface area contributed by atoms with Gasteiger partial charge in [0.15, 0.2) is 29.0 Å². The highest BCUT2D eigenvalue weighted by atomic mass is 19.2. The maximum absolute atomic E-state index is 14.9. The minimum atomic E-state index is -1.10. The molecule has 1 aliphatic rings. The predicted molar refractivity (Wildman–Crippen MR) is 195 cm³/mol. The van der Waals surface area contributed by atoms with Crippen molar-refractivity contribution in [2.75, 3.05) is 45.2 Å². The van der Waals surface area contributed by atoms with Gasteiger partial charge in [-0.3, -0.25) is 28.6 Å². The molecule has 3 heterocycles. The molecule has 1 fully saturated rings. The van der Waals surface area contributed by atoms with Gasteiger partial charge in [0, 0.05) is 74.8 Å². The van der Waals surface area contributed by atoms with E-state index in [0.29, 0.717) is 40.4 Å². The lowest BCUT2D eigenvalue weighted by molar-refractivity contribution is -0.139. The molecule has 2 aromatic carbocycles. The van der Waals surface area contributed by atoms with Crippen LogP contribution in [-0.4, -0.2) is 105 Å². The Morgan fingerprint density at radius 2 is 1.74 bits per heavy atom. The van der Waals surface area contributed by atoms with Crippen molar-refractivity contribution in [2.24, 2.45) is 16.5 Å². The van der Waals surface area contributed by atoms with E-state index in [9.17, 15) is 28.0 Å². The molecule has 0 unspecified atom stereocenters. The number of benzene rings is 2. The molecule has 4 aromatic rings. The van der Waals surface area contributed by atoms with Gasteiger partial charge in [0.1, 0.15) is 6.04 Å². The number of ether oxygens (including phenoxy) is 1. The molecule has 3 amide bonds. The van der Waals surface area contributed by atoms with Crippen molar-refractivity contribution in [1.29, 1.82) is 0 Å². The zero-order valence-electron chi connectivity index (χ0n) is 29.8. The van der Waals surface area contributed by atoms with Crippen molar-refractivity contribution >= 4 is 46.8 Å². The largest absolute Gasteiger partial charge is 0.494 e. The van der Waals surface area contributed by atoms with E-state index in [4.69, 9.17) is 21.3 Å². The third kappa shape index (κ3) is 9.17. The van der Waals surface area contributed by atoms with Crippen molar-refractivity contribution in [3.63, 3.8) is 0 Å². The Balaban J connectivity index is 1.22. The second-order valence-corrected chi connectivity index (χ2v) is 12.6. The minimum Gasteiger partial charge on any atom is -0.494 e. The van der Waals surface area contributed by atoms with Crippen molar-refractivity contribution in [3.8, 4) is 17.0 Å². The van der Waals surface area contributed by atoms with Crippen LogP contribution in [0.4, 0.5) is 20.3 Å². The van der Waals surface area contributed by atoms with Gasteiger partial charge in [0.05, 0.1) is 19.0 Å². The third-order valence-electron chi connectivity index (χ3n) is 8.94. The normalized spacial score (nSPS) is 13.3. The summed E-state index contributed by atoms with van der Waals surface area (Å²) < 4.78 is 35.8.